The van der Waals surface area contributed by atoms with Crippen molar-refractivity contribution in [3.05, 3.63) is 42.5 Å². The molecule has 1 aliphatic heterocycles. The van der Waals surface area contributed by atoms with E-state index in [1.165, 1.54) is 41.5 Å². The maximum atomic E-state index is 12.6. The van der Waals surface area contributed by atoms with E-state index in [0.717, 1.165) is 0 Å². The van der Waals surface area contributed by atoms with Gasteiger partial charge in [-0.15, -0.1) is 0 Å². The summed E-state index contributed by atoms with van der Waals surface area (Å²) >= 11 is 0. The molecular formula is C17H18N6O5. The van der Waals surface area contributed by atoms with Crippen molar-refractivity contribution in [2.24, 2.45) is 0 Å². The smallest absolute Gasteiger partial charge is 0.251 e. The minimum absolute atomic E-state index is 0.0616. The number of carbonyl (C=O) groups is 1. The Balaban J connectivity index is 1.68. The van der Waals surface area contributed by atoms with Crippen LogP contribution in [0.3, 0.4) is 0 Å². The molecule has 0 aliphatic carbocycles. The lowest BCUT2D eigenvalue weighted by Gasteiger charge is -2.23. The van der Waals surface area contributed by atoms with E-state index >= 15 is 0 Å². The van der Waals surface area contributed by atoms with Crippen molar-refractivity contribution < 1.29 is 24.9 Å². The highest BCUT2D eigenvalue weighted by Crippen LogP contribution is 2.32. The van der Waals surface area contributed by atoms with Gasteiger partial charge in [-0.1, -0.05) is 6.07 Å². The molecule has 6 N–H and O–H groups in total. The van der Waals surface area contributed by atoms with Gasteiger partial charge in [0, 0.05) is 5.56 Å². The van der Waals surface area contributed by atoms with Crippen molar-refractivity contribution in [3.63, 3.8) is 0 Å². The van der Waals surface area contributed by atoms with Crippen molar-refractivity contribution in [3.8, 4) is 5.75 Å². The van der Waals surface area contributed by atoms with Crippen LogP contribution < -0.4 is 11.1 Å². The van der Waals surface area contributed by atoms with Gasteiger partial charge in [-0.2, -0.15) is 0 Å². The number of nitrogen functional groups attached to an aromatic ring is 1. The van der Waals surface area contributed by atoms with E-state index in [1.54, 1.807) is 0 Å². The zero-order valence-electron chi connectivity index (χ0n) is 14.5. The Morgan fingerprint density at radius 3 is 2.89 bits per heavy atom. The Hall–Kier alpha value is -3.28. The summed E-state index contributed by atoms with van der Waals surface area (Å²) in [4.78, 5) is 24.8. The molecule has 0 bridgehead atoms. The number of aromatic nitrogens is 4. The molecule has 3 heterocycles. The topological polar surface area (TPSA) is 169 Å². The maximum Gasteiger partial charge on any atom is 0.251 e. The van der Waals surface area contributed by atoms with E-state index in [0.29, 0.717) is 11.2 Å². The number of amides is 1. The van der Waals surface area contributed by atoms with Crippen LogP contribution in [-0.4, -0.2) is 65.6 Å². The number of phenols is 1. The third-order valence-corrected chi connectivity index (χ3v) is 4.62. The monoisotopic (exact) mass is 386 g/mol. The lowest BCUT2D eigenvalue weighted by atomic mass is 10.1. The average Bonchev–Trinajstić information content (AvgIpc) is 3.24. The molecule has 1 saturated heterocycles. The molecular weight excluding hydrogens is 368 g/mol. The molecule has 28 heavy (non-hydrogen) atoms. The highest BCUT2D eigenvalue weighted by atomic mass is 16.5. The zero-order valence-corrected chi connectivity index (χ0v) is 14.5. The van der Waals surface area contributed by atoms with Crippen LogP contribution >= 0.6 is 0 Å². The minimum atomic E-state index is -1.19. The fourth-order valence-corrected chi connectivity index (χ4v) is 3.23. The van der Waals surface area contributed by atoms with Crippen molar-refractivity contribution in [2.45, 2.75) is 24.5 Å². The number of benzene rings is 1. The molecule has 1 aromatic carbocycles. The standard InChI is InChI=1S/C17H18N6O5/c18-14-12-15(20-6-19-14)23(7-21-12)17-11(13(26)10(5-24)28-17)22-16(27)8-2-1-3-9(25)4-8/h1-4,6-7,10-11,13,17,24-26H,5H2,(H,22,27)(H2,18,19,20)/t10-,11-,13-,17-/m1/s1. The highest BCUT2D eigenvalue weighted by molar-refractivity contribution is 5.94. The maximum absolute atomic E-state index is 12.6. The molecule has 0 radical (unpaired) electrons. The molecule has 2 aromatic heterocycles. The second kappa shape index (κ2) is 7.03. The van der Waals surface area contributed by atoms with Gasteiger partial charge in [0.05, 0.1) is 12.9 Å². The Kier molecular flexibility index (Phi) is 4.55. The van der Waals surface area contributed by atoms with Gasteiger partial charge in [-0.3, -0.25) is 9.36 Å². The predicted molar refractivity (Wildman–Crippen MR) is 96.1 cm³/mol. The Morgan fingerprint density at radius 1 is 1.32 bits per heavy atom. The van der Waals surface area contributed by atoms with E-state index in [1.807, 2.05) is 0 Å². The second-order valence-electron chi connectivity index (χ2n) is 6.37. The van der Waals surface area contributed by atoms with Crippen molar-refractivity contribution in [1.29, 1.82) is 0 Å². The lowest BCUT2D eigenvalue weighted by molar-refractivity contribution is -0.0440. The molecule has 11 nitrogen and oxygen atoms in total. The van der Waals surface area contributed by atoms with E-state index < -0.39 is 37.0 Å². The minimum Gasteiger partial charge on any atom is -0.508 e. The normalized spacial score (nSPS) is 24.5. The number of imidazole rings is 1. The van der Waals surface area contributed by atoms with Crippen LogP contribution in [0.4, 0.5) is 5.82 Å². The third-order valence-electron chi connectivity index (χ3n) is 4.62. The molecule has 0 spiro atoms. The van der Waals surface area contributed by atoms with Gasteiger partial charge >= 0.3 is 0 Å². The summed E-state index contributed by atoms with van der Waals surface area (Å²) in [6.07, 6.45) is -0.317. The molecule has 4 atom stereocenters. The first-order chi connectivity index (χ1) is 13.5. The van der Waals surface area contributed by atoms with Gasteiger partial charge in [0.25, 0.3) is 5.91 Å². The van der Waals surface area contributed by atoms with E-state index in [9.17, 15) is 20.1 Å². The number of aromatic hydroxyl groups is 1. The number of anilines is 1. The molecule has 146 valence electrons. The fourth-order valence-electron chi connectivity index (χ4n) is 3.23. The Labute approximate surface area is 158 Å². The number of hydrogen-bond acceptors (Lipinski definition) is 9. The summed E-state index contributed by atoms with van der Waals surface area (Å²) in [5, 5.41) is 32.3. The van der Waals surface area contributed by atoms with Gasteiger partial charge < -0.3 is 31.1 Å². The zero-order chi connectivity index (χ0) is 19.8. The van der Waals surface area contributed by atoms with E-state index in [2.05, 4.69) is 20.3 Å². The van der Waals surface area contributed by atoms with Crippen molar-refractivity contribution in [1.82, 2.24) is 24.8 Å². The molecule has 3 aromatic rings. The lowest BCUT2D eigenvalue weighted by Crippen LogP contribution is -2.46. The number of fused-ring (bicyclic) bond motifs is 1. The van der Waals surface area contributed by atoms with Gasteiger partial charge in [0.15, 0.2) is 17.7 Å². The first kappa shape index (κ1) is 18.1. The van der Waals surface area contributed by atoms with Crippen LogP contribution in [0.5, 0.6) is 5.75 Å². The van der Waals surface area contributed by atoms with E-state index in [4.69, 9.17) is 10.5 Å². The Morgan fingerprint density at radius 2 is 2.14 bits per heavy atom. The van der Waals surface area contributed by atoms with Gasteiger partial charge in [-0.05, 0) is 18.2 Å². The number of aliphatic hydroxyl groups is 2. The van der Waals surface area contributed by atoms with Crippen LogP contribution in [0.25, 0.3) is 11.2 Å². The van der Waals surface area contributed by atoms with Crippen LogP contribution in [0.15, 0.2) is 36.9 Å². The van der Waals surface area contributed by atoms with Crippen LogP contribution in [0, 0.1) is 0 Å². The summed E-state index contributed by atoms with van der Waals surface area (Å²) in [6, 6.07) is 4.88. The van der Waals surface area contributed by atoms with Crippen LogP contribution in [0.2, 0.25) is 0 Å². The third kappa shape index (κ3) is 3.01. The fraction of sp³-hybridized carbons (Fsp3) is 0.294. The number of nitrogens with one attached hydrogen (secondary N) is 1. The number of ether oxygens (including phenoxy) is 1. The first-order valence-electron chi connectivity index (χ1n) is 8.47. The van der Waals surface area contributed by atoms with Gasteiger partial charge in [-0.25, -0.2) is 15.0 Å². The molecule has 1 fully saturated rings. The molecule has 11 heteroatoms. The van der Waals surface area contributed by atoms with Crippen molar-refractivity contribution in [2.75, 3.05) is 12.3 Å². The number of hydrogen-bond donors (Lipinski definition) is 5. The number of rotatable bonds is 4. The molecule has 1 aliphatic rings. The summed E-state index contributed by atoms with van der Waals surface area (Å²) in [6.45, 7) is -0.445. The number of phenolic OH excluding ortho intramolecular Hbond substituents is 1. The first-order valence-corrected chi connectivity index (χ1v) is 8.47. The predicted octanol–water partition coefficient (Wildman–Crippen LogP) is -0.837. The molecule has 0 unspecified atom stereocenters. The highest BCUT2D eigenvalue weighted by Gasteiger charge is 2.45. The molecule has 0 saturated carbocycles. The molecule has 1 amide bonds. The molecule has 4 rings (SSSR count). The van der Waals surface area contributed by atoms with Crippen LogP contribution in [-0.2, 0) is 4.74 Å². The number of nitrogens with zero attached hydrogens (tertiary/aromatic N) is 4. The second-order valence-corrected chi connectivity index (χ2v) is 6.37. The van der Waals surface area contributed by atoms with Gasteiger partial charge in [0.1, 0.15) is 35.8 Å². The number of nitrogens with two attached hydrogens (primary N) is 1. The summed E-state index contributed by atoms with van der Waals surface area (Å²) < 4.78 is 7.26. The summed E-state index contributed by atoms with van der Waals surface area (Å²) in [5.41, 5.74) is 6.73. The van der Waals surface area contributed by atoms with Gasteiger partial charge in [0.2, 0.25) is 0 Å². The summed E-state index contributed by atoms with van der Waals surface area (Å²) in [7, 11) is 0. The van der Waals surface area contributed by atoms with Crippen molar-refractivity contribution >= 4 is 22.9 Å². The largest absolute Gasteiger partial charge is 0.508 e. The quantitative estimate of drug-likeness (QED) is 0.384. The number of carbonyl (C=O) groups excluding carboxylic acids is 1. The average molecular weight is 386 g/mol. The Bertz CT molecular complexity index is 1020. The van der Waals surface area contributed by atoms with Crippen LogP contribution in [0.1, 0.15) is 16.6 Å². The summed E-state index contributed by atoms with van der Waals surface area (Å²) in [5.74, 6) is -0.402. The number of aliphatic hydroxyl groups excluding tert-OH is 2. The van der Waals surface area contributed by atoms with E-state index in [-0.39, 0.29) is 17.1 Å². The SMILES string of the molecule is Nc1ncnc2c1ncn2[C@@H]1O[C@H](CO)[C@@H](O)[C@H]1NC(=O)c1cccc(O)c1.